The lowest BCUT2D eigenvalue weighted by atomic mass is 10.1. The summed E-state index contributed by atoms with van der Waals surface area (Å²) in [7, 11) is 0. The molecule has 0 spiro atoms. The van der Waals surface area contributed by atoms with Gasteiger partial charge >= 0.3 is 6.18 Å². The highest BCUT2D eigenvalue weighted by Gasteiger charge is 2.31. The van der Waals surface area contributed by atoms with E-state index in [2.05, 4.69) is 9.88 Å². The maximum Gasteiger partial charge on any atom is 0.416 e. The second-order valence-electron chi connectivity index (χ2n) is 8.01. The highest BCUT2D eigenvalue weighted by molar-refractivity contribution is 5.79. The first-order chi connectivity index (χ1) is 15.3. The number of morpholine rings is 1. The van der Waals surface area contributed by atoms with E-state index in [4.69, 9.17) is 9.72 Å². The Balaban J connectivity index is 1.37. The first-order valence-electron chi connectivity index (χ1n) is 10.7. The molecule has 0 bridgehead atoms. The second kappa shape index (κ2) is 9.32. The van der Waals surface area contributed by atoms with Gasteiger partial charge in [-0.3, -0.25) is 4.79 Å². The first kappa shape index (κ1) is 22.3. The lowest BCUT2D eigenvalue weighted by molar-refractivity contribution is -0.138. The summed E-state index contributed by atoms with van der Waals surface area (Å²) in [6, 6.07) is 6.91. The van der Waals surface area contributed by atoms with Crippen molar-refractivity contribution in [1.29, 1.82) is 0 Å². The molecule has 10 heteroatoms. The van der Waals surface area contributed by atoms with Gasteiger partial charge in [0, 0.05) is 51.0 Å². The zero-order valence-corrected chi connectivity index (χ0v) is 17.9. The summed E-state index contributed by atoms with van der Waals surface area (Å²) in [6.45, 7) is 6.94. The molecule has 0 N–H and O–H groups in total. The molecule has 0 saturated carbocycles. The third-order valence-electron chi connectivity index (χ3n) is 5.69. The van der Waals surface area contributed by atoms with Crippen LogP contribution in [0.2, 0.25) is 0 Å². The lowest BCUT2D eigenvalue weighted by Crippen LogP contribution is -2.49. The molecule has 2 saturated heterocycles. The van der Waals surface area contributed by atoms with Gasteiger partial charge in [-0.05, 0) is 18.6 Å². The Morgan fingerprint density at radius 2 is 1.72 bits per heavy atom. The number of rotatable bonds is 4. The predicted molar refractivity (Wildman–Crippen MR) is 114 cm³/mol. The van der Waals surface area contributed by atoms with Crippen LogP contribution in [0.3, 0.4) is 0 Å². The van der Waals surface area contributed by atoms with Crippen molar-refractivity contribution in [2.75, 3.05) is 62.3 Å². The van der Waals surface area contributed by atoms with Gasteiger partial charge in [0.05, 0.1) is 25.2 Å². The number of benzene rings is 1. The van der Waals surface area contributed by atoms with Crippen LogP contribution in [0.1, 0.15) is 16.8 Å². The Bertz CT molecular complexity index is 955. The van der Waals surface area contributed by atoms with Crippen molar-refractivity contribution in [3.05, 3.63) is 47.2 Å². The monoisotopic (exact) mass is 449 g/mol. The van der Waals surface area contributed by atoms with Gasteiger partial charge in [-0.1, -0.05) is 18.2 Å². The maximum absolute atomic E-state index is 12.9. The van der Waals surface area contributed by atoms with Gasteiger partial charge in [-0.15, -0.1) is 0 Å². The number of carbonyl (C=O) groups excluding carboxylic acids is 1. The van der Waals surface area contributed by atoms with Crippen molar-refractivity contribution in [3.63, 3.8) is 0 Å². The number of alkyl halides is 3. The number of piperazine rings is 1. The Morgan fingerprint density at radius 3 is 2.41 bits per heavy atom. The molecule has 0 aliphatic carbocycles. The average Bonchev–Trinajstić information content (AvgIpc) is 2.79. The summed E-state index contributed by atoms with van der Waals surface area (Å²) in [5.74, 6) is 1.33. The molecule has 3 heterocycles. The molecule has 1 aromatic carbocycles. The Hall–Kier alpha value is -2.88. The molecule has 2 fully saturated rings. The van der Waals surface area contributed by atoms with Crippen molar-refractivity contribution in [2.24, 2.45) is 0 Å². The molecule has 7 nitrogen and oxygen atoms in total. The minimum absolute atomic E-state index is 0.0496. The molecule has 1 aromatic heterocycles. The summed E-state index contributed by atoms with van der Waals surface area (Å²) in [5, 5.41) is 0. The van der Waals surface area contributed by atoms with Crippen molar-refractivity contribution >= 4 is 17.7 Å². The smallest absolute Gasteiger partial charge is 0.378 e. The summed E-state index contributed by atoms with van der Waals surface area (Å²) >= 11 is 0. The molecule has 2 aromatic rings. The predicted octanol–water partition coefficient (Wildman–Crippen LogP) is 2.53. The van der Waals surface area contributed by atoms with E-state index in [0.29, 0.717) is 50.9 Å². The van der Waals surface area contributed by atoms with E-state index in [1.54, 1.807) is 11.0 Å². The molecule has 0 radical (unpaired) electrons. The topological polar surface area (TPSA) is 61.8 Å². The van der Waals surface area contributed by atoms with Gasteiger partial charge in [0.25, 0.3) is 0 Å². The van der Waals surface area contributed by atoms with Crippen molar-refractivity contribution in [2.45, 2.75) is 19.5 Å². The van der Waals surface area contributed by atoms with Crippen LogP contribution in [0.15, 0.2) is 30.3 Å². The Morgan fingerprint density at radius 1 is 1.00 bits per heavy atom. The van der Waals surface area contributed by atoms with Crippen LogP contribution < -0.4 is 9.80 Å². The molecule has 0 unspecified atom stereocenters. The fraction of sp³-hybridized carbons (Fsp3) is 0.500. The molecular formula is C22H26F3N5O2. The number of ether oxygens (including phenoxy) is 1. The van der Waals surface area contributed by atoms with Crippen molar-refractivity contribution in [3.8, 4) is 0 Å². The largest absolute Gasteiger partial charge is 0.416 e. The SMILES string of the molecule is Cc1cc(N2CCOCC2)nc(N2CCN(C(=O)Cc3cccc(C(F)(F)F)c3)CC2)n1. The van der Waals surface area contributed by atoms with Gasteiger partial charge in [0.2, 0.25) is 11.9 Å². The Labute approximate surface area is 184 Å². The first-order valence-corrected chi connectivity index (χ1v) is 10.7. The third kappa shape index (κ3) is 5.29. The number of amides is 1. The van der Waals surface area contributed by atoms with Gasteiger partial charge in [-0.2, -0.15) is 18.2 Å². The van der Waals surface area contributed by atoms with Crippen LogP contribution in [0, 0.1) is 6.92 Å². The van der Waals surface area contributed by atoms with Crippen LogP contribution in [0.4, 0.5) is 24.9 Å². The number of hydrogen-bond donors (Lipinski definition) is 0. The molecule has 172 valence electrons. The standard InChI is InChI=1S/C22H26F3N5O2/c1-16-13-19(28-9-11-32-12-10-28)27-21(26-16)30-7-5-29(6-8-30)20(31)15-17-3-2-4-18(14-17)22(23,24)25/h2-4,13-14H,5-12,15H2,1H3. The van der Waals surface area contributed by atoms with Gasteiger partial charge < -0.3 is 19.4 Å². The molecule has 4 rings (SSSR count). The van der Waals surface area contributed by atoms with Crippen molar-refractivity contribution < 1.29 is 22.7 Å². The maximum atomic E-state index is 12.9. The number of aromatic nitrogens is 2. The summed E-state index contributed by atoms with van der Waals surface area (Å²) in [5.41, 5.74) is 0.504. The number of anilines is 2. The highest BCUT2D eigenvalue weighted by atomic mass is 19.4. The zero-order chi connectivity index (χ0) is 22.7. The van der Waals surface area contributed by atoms with E-state index in [-0.39, 0.29) is 12.3 Å². The number of halogens is 3. The number of aryl methyl sites for hydroxylation is 1. The minimum Gasteiger partial charge on any atom is -0.378 e. The van der Waals surface area contributed by atoms with E-state index in [0.717, 1.165) is 36.7 Å². The fourth-order valence-corrected chi connectivity index (χ4v) is 3.93. The van der Waals surface area contributed by atoms with Crippen LogP contribution in [0.25, 0.3) is 0 Å². The molecule has 32 heavy (non-hydrogen) atoms. The second-order valence-corrected chi connectivity index (χ2v) is 8.01. The quantitative estimate of drug-likeness (QED) is 0.715. The summed E-state index contributed by atoms with van der Waals surface area (Å²) in [4.78, 5) is 27.9. The van der Waals surface area contributed by atoms with Gasteiger partial charge in [0.1, 0.15) is 5.82 Å². The number of nitrogens with zero attached hydrogens (tertiary/aromatic N) is 5. The van der Waals surface area contributed by atoms with Crippen LogP contribution in [-0.4, -0.2) is 73.3 Å². The summed E-state index contributed by atoms with van der Waals surface area (Å²) < 4.78 is 44.2. The fourth-order valence-electron chi connectivity index (χ4n) is 3.93. The van der Waals surface area contributed by atoms with E-state index >= 15 is 0 Å². The average molecular weight is 449 g/mol. The summed E-state index contributed by atoms with van der Waals surface area (Å²) in [6.07, 6.45) is -4.47. The van der Waals surface area contributed by atoms with Gasteiger partial charge in [0.15, 0.2) is 0 Å². The molecule has 0 atom stereocenters. The molecule has 1 amide bonds. The molecule has 2 aliphatic heterocycles. The number of carbonyl (C=O) groups is 1. The zero-order valence-electron chi connectivity index (χ0n) is 17.9. The third-order valence-corrected chi connectivity index (χ3v) is 5.69. The highest BCUT2D eigenvalue weighted by Crippen LogP contribution is 2.29. The van der Waals surface area contributed by atoms with Crippen LogP contribution in [-0.2, 0) is 22.1 Å². The number of hydrogen-bond acceptors (Lipinski definition) is 6. The molecule has 2 aliphatic rings. The van der Waals surface area contributed by atoms with E-state index in [9.17, 15) is 18.0 Å². The Kier molecular flexibility index (Phi) is 6.50. The lowest BCUT2D eigenvalue weighted by Gasteiger charge is -2.35. The minimum atomic E-state index is -4.42. The van der Waals surface area contributed by atoms with E-state index < -0.39 is 11.7 Å². The van der Waals surface area contributed by atoms with Crippen molar-refractivity contribution in [1.82, 2.24) is 14.9 Å². The normalized spacial score (nSPS) is 17.6. The van der Waals surface area contributed by atoms with Crippen LogP contribution in [0.5, 0.6) is 0 Å². The van der Waals surface area contributed by atoms with Gasteiger partial charge in [-0.25, -0.2) is 4.98 Å². The van der Waals surface area contributed by atoms with E-state index in [1.807, 2.05) is 17.9 Å². The van der Waals surface area contributed by atoms with E-state index in [1.165, 1.54) is 6.07 Å². The van der Waals surface area contributed by atoms with Crippen LogP contribution >= 0.6 is 0 Å². The molecular weight excluding hydrogens is 423 g/mol.